The molecule has 1 aliphatic heterocycles. The molecular weight excluding hydrogens is 336 g/mol. The summed E-state index contributed by atoms with van der Waals surface area (Å²) in [6.07, 6.45) is 0.806. The van der Waals surface area contributed by atoms with Crippen LogP contribution in [-0.2, 0) is 23.0 Å². The lowest BCUT2D eigenvalue weighted by Gasteiger charge is -2.30. The Morgan fingerprint density at radius 1 is 1.12 bits per heavy atom. The van der Waals surface area contributed by atoms with Gasteiger partial charge in [0.05, 0.1) is 4.90 Å². The van der Waals surface area contributed by atoms with Gasteiger partial charge in [0.2, 0.25) is 10.0 Å². The topological polar surface area (TPSA) is 80.5 Å². The van der Waals surface area contributed by atoms with Crippen molar-refractivity contribution in [2.75, 3.05) is 6.54 Å². The SMILES string of the molecule is Cc1cc(C(=O)N2CCc3c(C)cccc3C2)cc(S(N)(=O)=O)c1C. The van der Waals surface area contributed by atoms with E-state index in [1.54, 1.807) is 24.8 Å². The molecule has 0 radical (unpaired) electrons. The van der Waals surface area contributed by atoms with Crippen molar-refractivity contribution >= 4 is 15.9 Å². The molecule has 0 aromatic heterocycles. The first-order valence-corrected chi connectivity index (χ1v) is 9.74. The Balaban J connectivity index is 1.96. The standard InChI is InChI=1S/C19H22N2O3S/c1-12-5-4-6-15-11-21(8-7-17(12)15)19(22)16-9-13(2)14(3)18(10-16)25(20,23)24/h4-6,9-10H,7-8,11H2,1-3H3,(H2,20,23,24). The van der Waals surface area contributed by atoms with Gasteiger partial charge in [-0.15, -0.1) is 0 Å². The number of aryl methyl sites for hydroxylation is 2. The van der Waals surface area contributed by atoms with E-state index >= 15 is 0 Å². The van der Waals surface area contributed by atoms with Crippen LogP contribution in [0.15, 0.2) is 35.2 Å². The van der Waals surface area contributed by atoms with Crippen LogP contribution in [0, 0.1) is 20.8 Å². The highest BCUT2D eigenvalue weighted by atomic mass is 32.2. The number of nitrogens with zero attached hydrogens (tertiary/aromatic N) is 1. The van der Waals surface area contributed by atoms with Crippen LogP contribution >= 0.6 is 0 Å². The molecule has 0 saturated heterocycles. The maximum atomic E-state index is 12.9. The molecular formula is C19H22N2O3S. The number of fused-ring (bicyclic) bond motifs is 1. The minimum absolute atomic E-state index is 0.0177. The molecule has 1 aliphatic rings. The lowest BCUT2D eigenvalue weighted by atomic mass is 9.94. The predicted octanol–water partition coefficient (Wildman–Crippen LogP) is 2.46. The fourth-order valence-electron chi connectivity index (χ4n) is 3.40. The predicted molar refractivity (Wildman–Crippen MR) is 96.9 cm³/mol. The summed E-state index contributed by atoms with van der Waals surface area (Å²) in [4.78, 5) is 14.7. The molecule has 0 atom stereocenters. The van der Waals surface area contributed by atoms with E-state index in [-0.39, 0.29) is 10.8 Å². The molecule has 2 N–H and O–H groups in total. The summed E-state index contributed by atoms with van der Waals surface area (Å²) in [6, 6.07) is 9.25. The molecule has 0 aliphatic carbocycles. The quantitative estimate of drug-likeness (QED) is 0.895. The van der Waals surface area contributed by atoms with Crippen LogP contribution < -0.4 is 5.14 Å². The van der Waals surface area contributed by atoms with E-state index in [1.807, 2.05) is 12.1 Å². The summed E-state index contributed by atoms with van der Waals surface area (Å²) in [5.41, 5.74) is 5.38. The second-order valence-corrected chi connectivity index (χ2v) is 8.18. The van der Waals surface area contributed by atoms with Gasteiger partial charge in [0.1, 0.15) is 0 Å². The number of carbonyl (C=O) groups is 1. The van der Waals surface area contributed by atoms with E-state index < -0.39 is 10.0 Å². The highest BCUT2D eigenvalue weighted by molar-refractivity contribution is 7.89. The zero-order valence-electron chi connectivity index (χ0n) is 14.7. The van der Waals surface area contributed by atoms with Crippen molar-refractivity contribution < 1.29 is 13.2 Å². The second kappa shape index (κ2) is 6.28. The van der Waals surface area contributed by atoms with Crippen LogP contribution in [0.25, 0.3) is 0 Å². The van der Waals surface area contributed by atoms with Crippen molar-refractivity contribution in [3.8, 4) is 0 Å². The zero-order valence-corrected chi connectivity index (χ0v) is 15.5. The summed E-state index contributed by atoms with van der Waals surface area (Å²) in [7, 11) is -3.87. The molecule has 3 rings (SSSR count). The number of benzene rings is 2. The molecule has 25 heavy (non-hydrogen) atoms. The molecule has 132 valence electrons. The summed E-state index contributed by atoms with van der Waals surface area (Å²) in [5.74, 6) is -0.167. The van der Waals surface area contributed by atoms with Crippen molar-refractivity contribution in [2.45, 2.75) is 38.6 Å². The third-order valence-electron chi connectivity index (χ3n) is 4.96. The van der Waals surface area contributed by atoms with E-state index in [0.29, 0.717) is 24.2 Å². The first-order valence-electron chi connectivity index (χ1n) is 8.19. The molecule has 0 bridgehead atoms. The zero-order chi connectivity index (χ0) is 18.4. The summed E-state index contributed by atoms with van der Waals surface area (Å²) in [6.45, 7) is 6.72. The molecule has 1 amide bonds. The van der Waals surface area contributed by atoms with E-state index in [4.69, 9.17) is 5.14 Å². The minimum Gasteiger partial charge on any atom is -0.334 e. The van der Waals surface area contributed by atoms with Crippen molar-refractivity contribution in [1.82, 2.24) is 4.90 Å². The molecule has 0 spiro atoms. The van der Waals surface area contributed by atoms with Crippen LogP contribution in [0.2, 0.25) is 0 Å². The smallest absolute Gasteiger partial charge is 0.254 e. The first kappa shape index (κ1) is 17.6. The van der Waals surface area contributed by atoms with Crippen molar-refractivity contribution in [1.29, 1.82) is 0 Å². The number of amides is 1. The Hall–Kier alpha value is -2.18. The van der Waals surface area contributed by atoms with Gasteiger partial charge < -0.3 is 4.90 Å². The van der Waals surface area contributed by atoms with Gasteiger partial charge in [-0.1, -0.05) is 18.2 Å². The van der Waals surface area contributed by atoms with Crippen LogP contribution in [0.4, 0.5) is 0 Å². The van der Waals surface area contributed by atoms with E-state index in [0.717, 1.165) is 17.5 Å². The first-order chi connectivity index (χ1) is 11.7. The maximum absolute atomic E-state index is 12.9. The van der Waals surface area contributed by atoms with Crippen molar-refractivity contribution in [2.24, 2.45) is 5.14 Å². The van der Waals surface area contributed by atoms with E-state index in [1.165, 1.54) is 17.2 Å². The average Bonchev–Trinajstić information content (AvgIpc) is 2.55. The number of hydrogen-bond donors (Lipinski definition) is 1. The van der Waals surface area contributed by atoms with Gasteiger partial charge in [0, 0.05) is 18.7 Å². The van der Waals surface area contributed by atoms with Gasteiger partial charge in [-0.25, -0.2) is 13.6 Å². The fraction of sp³-hybridized carbons (Fsp3) is 0.316. The molecule has 0 unspecified atom stereocenters. The van der Waals surface area contributed by atoms with E-state index in [2.05, 4.69) is 13.0 Å². The van der Waals surface area contributed by atoms with Gasteiger partial charge in [-0.05, 0) is 67.1 Å². The Kier molecular flexibility index (Phi) is 4.43. The Morgan fingerprint density at radius 2 is 1.84 bits per heavy atom. The summed E-state index contributed by atoms with van der Waals surface area (Å²) >= 11 is 0. The minimum atomic E-state index is -3.87. The van der Waals surface area contributed by atoms with E-state index in [9.17, 15) is 13.2 Å². The Labute approximate surface area is 148 Å². The summed E-state index contributed by atoms with van der Waals surface area (Å²) < 4.78 is 23.6. The van der Waals surface area contributed by atoms with Crippen LogP contribution in [-0.4, -0.2) is 25.8 Å². The number of carbonyl (C=O) groups excluding carboxylic acids is 1. The second-order valence-electron chi connectivity index (χ2n) is 6.65. The molecule has 6 heteroatoms. The average molecular weight is 358 g/mol. The van der Waals surface area contributed by atoms with Crippen molar-refractivity contribution in [3.05, 3.63) is 63.7 Å². The lowest BCUT2D eigenvalue weighted by molar-refractivity contribution is 0.0734. The van der Waals surface area contributed by atoms with Gasteiger partial charge in [-0.2, -0.15) is 0 Å². The highest BCUT2D eigenvalue weighted by Crippen LogP contribution is 2.25. The van der Waals surface area contributed by atoms with Gasteiger partial charge >= 0.3 is 0 Å². The lowest BCUT2D eigenvalue weighted by Crippen LogP contribution is -2.36. The van der Waals surface area contributed by atoms with Gasteiger partial charge in [-0.3, -0.25) is 4.79 Å². The third-order valence-corrected chi connectivity index (χ3v) is 6.00. The number of primary sulfonamides is 1. The molecule has 1 heterocycles. The van der Waals surface area contributed by atoms with Crippen LogP contribution in [0.1, 0.15) is 38.2 Å². The highest BCUT2D eigenvalue weighted by Gasteiger charge is 2.24. The molecule has 2 aromatic carbocycles. The van der Waals surface area contributed by atoms with Crippen molar-refractivity contribution in [3.63, 3.8) is 0 Å². The maximum Gasteiger partial charge on any atom is 0.254 e. The third kappa shape index (κ3) is 3.32. The van der Waals surface area contributed by atoms with Gasteiger partial charge in [0.15, 0.2) is 0 Å². The summed E-state index contributed by atoms with van der Waals surface area (Å²) in [5, 5.41) is 5.30. The number of sulfonamides is 1. The normalized spacial score (nSPS) is 14.3. The number of hydrogen-bond acceptors (Lipinski definition) is 3. The number of rotatable bonds is 2. The fourth-order valence-corrected chi connectivity index (χ4v) is 4.28. The molecule has 2 aromatic rings. The van der Waals surface area contributed by atoms with Crippen LogP contribution in [0.5, 0.6) is 0 Å². The Morgan fingerprint density at radius 3 is 2.52 bits per heavy atom. The molecule has 0 fully saturated rings. The molecule has 5 nitrogen and oxygen atoms in total. The monoisotopic (exact) mass is 358 g/mol. The largest absolute Gasteiger partial charge is 0.334 e. The van der Waals surface area contributed by atoms with Gasteiger partial charge in [0.25, 0.3) is 5.91 Å². The van der Waals surface area contributed by atoms with Crippen LogP contribution in [0.3, 0.4) is 0 Å². The Bertz CT molecular complexity index is 965. The number of nitrogens with two attached hydrogens (primary N) is 1. The molecule has 0 saturated carbocycles.